The Morgan fingerprint density at radius 3 is 2.76 bits per heavy atom. The van der Waals surface area contributed by atoms with Crippen LogP contribution >= 0.6 is 0 Å². The van der Waals surface area contributed by atoms with E-state index >= 15 is 0 Å². The Hall–Kier alpha value is -1.99. The molecule has 0 radical (unpaired) electrons. The zero-order chi connectivity index (χ0) is 14.9. The minimum Gasteiger partial charge on any atom is -0.465 e. The number of carbonyl (C=O) groups is 1. The van der Waals surface area contributed by atoms with Crippen molar-refractivity contribution in [3.8, 4) is 11.8 Å². The van der Waals surface area contributed by atoms with Crippen molar-refractivity contribution in [2.45, 2.75) is 37.3 Å². The molecule has 1 aromatic rings. The SMILES string of the molecule is O=C(O)N1CCC2C1CCCC2(O)C#Cc1ccccc1. The summed E-state index contributed by atoms with van der Waals surface area (Å²) in [6, 6.07) is 9.49. The van der Waals surface area contributed by atoms with Gasteiger partial charge in [0.15, 0.2) is 0 Å². The van der Waals surface area contributed by atoms with Gasteiger partial charge in [0, 0.05) is 24.1 Å². The minimum absolute atomic E-state index is 0.0708. The van der Waals surface area contributed by atoms with E-state index in [0.717, 1.165) is 18.4 Å². The third kappa shape index (κ3) is 2.62. The summed E-state index contributed by atoms with van der Waals surface area (Å²) in [5.41, 5.74) is -0.190. The van der Waals surface area contributed by atoms with E-state index in [1.807, 2.05) is 30.3 Å². The van der Waals surface area contributed by atoms with Gasteiger partial charge >= 0.3 is 6.09 Å². The minimum atomic E-state index is -1.07. The van der Waals surface area contributed by atoms with Crippen LogP contribution in [0.1, 0.15) is 31.2 Å². The molecule has 1 amide bonds. The first-order valence-electron chi connectivity index (χ1n) is 7.40. The summed E-state index contributed by atoms with van der Waals surface area (Å²) < 4.78 is 0. The second-order valence-electron chi connectivity index (χ2n) is 5.87. The van der Waals surface area contributed by atoms with Crippen molar-refractivity contribution in [2.75, 3.05) is 6.54 Å². The number of hydrogen-bond donors (Lipinski definition) is 2. The van der Waals surface area contributed by atoms with E-state index in [1.54, 1.807) is 0 Å². The average molecular weight is 285 g/mol. The van der Waals surface area contributed by atoms with Gasteiger partial charge in [-0.3, -0.25) is 0 Å². The highest BCUT2D eigenvalue weighted by Crippen LogP contribution is 2.42. The number of fused-ring (bicyclic) bond motifs is 1. The van der Waals surface area contributed by atoms with Gasteiger partial charge in [-0.1, -0.05) is 30.0 Å². The molecular formula is C17H19NO3. The van der Waals surface area contributed by atoms with Crippen LogP contribution in [0.3, 0.4) is 0 Å². The molecule has 0 bridgehead atoms. The maximum Gasteiger partial charge on any atom is 0.407 e. The molecule has 0 spiro atoms. The van der Waals surface area contributed by atoms with Gasteiger partial charge in [-0.2, -0.15) is 0 Å². The molecule has 4 nitrogen and oxygen atoms in total. The number of nitrogens with zero attached hydrogens (tertiary/aromatic N) is 1. The van der Waals surface area contributed by atoms with Crippen LogP contribution < -0.4 is 0 Å². The first-order chi connectivity index (χ1) is 10.1. The van der Waals surface area contributed by atoms with Gasteiger partial charge in [-0.05, 0) is 37.8 Å². The Labute approximate surface area is 124 Å². The number of carboxylic acid groups (broad SMARTS) is 1. The fraction of sp³-hybridized carbons (Fsp3) is 0.471. The Morgan fingerprint density at radius 2 is 2.05 bits per heavy atom. The summed E-state index contributed by atoms with van der Waals surface area (Å²) in [6.45, 7) is 0.500. The molecule has 3 unspecified atom stereocenters. The Balaban J connectivity index is 1.84. The number of hydrogen-bond acceptors (Lipinski definition) is 2. The molecule has 1 saturated carbocycles. The predicted molar refractivity (Wildman–Crippen MR) is 78.7 cm³/mol. The van der Waals surface area contributed by atoms with Gasteiger partial charge < -0.3 is 15.1 Å². The lowest BCUT2D eigenvalue weighted by Crippen LogP contribution is -2.49. The number of likely N-dealkylation sites (tertiary alicyclic amines) is 1. The Bertz CT molecular complexity index is 589. The van der Waals surface area contributed by atoms with E-state index < -0.39 is 11.7 Å². The second-order valence-corrected chi connectivity index (χ2v) is 5.87. The smallest absolute Gasteiger partial charge is 0.407 e. The summed E-state index contributed by atoms with van der Waals surface area (Å²) in [6.07, 6.45) is 2.07. The van der Waals surface area contributed by atoms with E-state index in [2.05, 4.69) is 11.8 Å². The molecular weight excluding hydrogens is 266 g/mol. The summed E-state index contributed by atoms with van der Waals surface area (Å²) >= 11 is 0. The fourth-order valence-electron chi connectivity index (χ4n) is 3.63. The maximum atomic E-state index is 11.3. The third-order valence-corrected chi connectivity index (χ3v) is 4.66. The van der Waals surface area contributed by atoms with E-state index in [0.29, 0.717) is 19.4 Å². The van der Waals surface area contributed by atoms with E-state index in [-0.39, 0.29) is 12.0 Å². The van der Waals surface area contributed by atoms with Crippen LogP contribution in [-0.4, -0.2) is 39.4 Å². The molecule has 2 N–H and O–H groups in total. The van der Waals surface area contributed by atoms with Gasteiger partial charge in [-0.15, -0.1) is 0 Å². The van der Waals surface area contributed by atoms with Crippen molar-refractivity contribution in [3.05, 3.63) is 35.9 Å². The summed E-state index contributed by atoms with van der Waals surface area (Å²) in [5, 5.41) is 20.1. The molecule has 21 heavy (non-hydrogen) atoms. The zero-order valence-electron chi connectivity index (χ0n) is 11.8. The highest BCUT2D eigenvalue weighted by Gasteiger charge is 2.50. The first-order valence-corrected chi connectivity index (χ1v) is 7.40. The van der Waals surface area contributed by atoms with Crippen LogP contribution in [0.5, 0.6) is 0 Å². The second kappa shape index (κ2) is 5.42. The van der Waals surface area contributed by atoms with Crippen LogP contribution in [0, 0.1) is 17.8 Å². The lowest BCUT2D eigenvalue weighted by Gasteiger charge is -2.39. The van der Waals surface area contributed by atoms with Crippen molar-refractivity contribution in [1.29, 1.82) is 0 Å². The molecule has 1 heterocycles. The van der Waals surface area contributed by atoms with Gasteiger partial charge in [0.25, 0.3) is 0 Å². The Morgan fingerprint density at radius 1 is 1.29 bits per heavy atom. The molecule has 3 rings (SSSR count). The molecule has 2 aliphatic rings. The van der Waals surface area contributed by atoms with E-state index in [1.165, 1.54) is 4.90 Å². The largest absolute Gasteiger partial charge is 0.465 e. The van der Waals surface area contributed by atoms with Crippen molar-refractivity contribution in [1.82, 2.24) is 4.90 Å². The number of benzene rings is 1. The normalized spacial score (nSPS) is 31.2. The zero-order valence-corrected chi connectivity index (χ0v) is 11.8. The number of aliphatic hydroxyl groups is 1. The molecule has 110 valence electrons. The maximum absolute atomic E-state index is 11.3. The van der Waals surface area contributed by atoms with Crippen molar-refractivity contribution in [2.24, 2.45) is 5.92 Å². The van der Waals surface area contributed by atoms with E-state index in [9.17, 15) is 15.0 Å². The predicted octanol–water partition coefficient (Wildman–Crippen LogP) is 2.32. The molecule has 3 atom stereocenters. The van der Waals surface area contributed by atoms with Gasteiger partial charge in [0.2, 0.25) is 0 Å². The number of rotatable bonds is 0. The van der Waals surface area contributed by atoms with Crippen molar-refractivity contribution in [3.63, 3.8) is 0 Å². The highest BCUT2D eigenvalue weighted by molar-refractivity contribution is 5.66. The summed E-state index contributed by atoms with van der Waals surface area (Å²) in [4.78, 5) is 12.7. The fourth-order valence-corrected chi connectivity index (χ4v) is 3.63. The molecule has 1 saturated heterocycles. The van der Waals surface area contributed by atoms with Gasteiger partial charge in [0.1, 0.15) is 5.60 Å². The lowest BCUT2D eigenvalue weighted by molar-refractivity contribution is -0.0125. The molecule has 4 heteroatoms. The lowest BCUT2D eigenvalue weighted by atomic mass is 9.73. The molecule has 2 fully saturated rings. The molecule has 1 aromatic carbocycles. The third-order valence-electron chi connectivity index (χ3n) is 4.66. The highest BCUT2D eigenvalue weighted by atomic mass is 16.4. The van der Waals surface area contributed by atoms with Crippen LogP contribution in [0.2, 0.25) is 0 Å². The average Bonchev–Trinajstić information content (AvgIpc) is 2.92. The summed E-state index contributed by atoms with van der Waals surface area (Å²) in [7, 11) is 0. The van der Waals surface area contributed by atoms with E-state index in [4.69, 9.17) is 0 Å². The topological polar surface area (TPSA) is 60.8 Å². The van der Waals surface area contributed by atoms with Gasteiger partial charge in [0.05, 0.1) is 0 Å². The quantitative estimate of drug-likeness (QED) is 0.719. The monoisotopic (exact) mass is 285 g/mol. The van der Waals surface area contributed by atoms with Crippen LogP contribution in [0.4, 0.5) is 4.79 Å². The standard InChI is InChI=1S/C17H19NO3/c19-16(20)18-12-9-14-15(18)7-4-10-17(14,21)11-8-13-5-2-1-3-6-13/h1-3,5-6,14-15,21H,4,7,9-10,12H2,(H,19,20). The Kier molecular flexibility index (Phi) is 3.60. The van der Waals surface area contributed by atoms with Crippen molar-refractivity contribution >= 4 is 6.09 Å². The van der Waals surface area contributed by atoms with Crippen LogP contribution in [-0.2, 0) is 0 Å². The number of amides is 1. The van der Waals surface area contributed by atoms with Crippen molar-refractivity contribution < 1.29 is 15.0 Å². The van der Waals surface area contributed by atoms with Crippen LogP contribution in [0.25, 0.3) is 0 Å². The van der Waals surface area contributed by atoms with Gasteiger partial charge in [-0.25, -0.2) is 4.79 Å². The first kappa shape index (κ1) is 14.0. The molecule has 0 aromatic heterocycles. The van der Waals surface area contributed by atoms with Crippen LogP contribution in [0.15, 0.2) is 30.3 Å². The summed E-state index contributed by atoms with van der Waals surface area (Å²) in [5.74, 6) is 6.01. The molecule has 1 aliphatic carbocycles. The molecule has 1 aliphatic heterocycles.